The van der Waals surface area contributed by atoms with E-state index in [1.54, 1.807) is 0 Å². The number of hydrogen-bond acceptors (Lipinski definition) is 4. The summed E-state index contributed by atoms with van der Waals surface area (Å²) in [5, 5.41) is 0. The van der Waals surface area contributed by atoms with E-state index in [0.717, 1.165) is 43.1 Å². The standard InChI is InChI=1S/C13H22N4/c1-10-5-6-15-13(12(10)14)17-8-4-7-16(3)9-11(17)2/h5-6,11H,4,7-9,14H2,1-3H3. The van der Waals surface area contributed by atoms with Gasteiger partial charge in [-0.1, -0.05) is 0 Å². The van der Waals surface area contributed by atoms with Crippen molar-refractivity contribution in [3.8, 4) is 0 Å². The monoisotopic (exact) mass is 234 g/mol. The molecule has 0 bridgehead atoms. The molecule has 2 N–H and O–H groups in total. The van der Waals surface area contributed by atoms with Crippen LogP contribution in [0.25, 0.3) is 0 Å². The van der Waals surface area contributed by atoms with Gasteiger partial charge in [-0.25, -0.2) is 4.98 Å². The van der Waals surface area contributed by atoms with E-state index in [0.29, 0.717) is 6.04 Å². The molecule has 4 heteroatoms. The Labute approximate surface area is 103 Å². The summed E-state index contributed by atoms with van der Waals surface area (Å²) in [6, 6.07) is 2.42. The van der Waals surface area contributed by atoms with E-state index < -0.39 is 0 Å². The third-order valence-electron chi connectivity index (χ3n) is 3.51. The van der Waals surface area contributed by atoms with Crippen molar-refractivity contribution in [3.05, 3.63) is 17.8 Å². The smallest absolute Gasteiger partial charge is 0.152 e. The molecule has 0 aromatic carbocycles. The quantitative estimate of drug-likeness (QED) is 0.800. The van der Waals surface area contributed by atoms with E-state index in [-0.39, 0.29) is 0 Å². The summed E-state index contributed by atoms with van der Waals surface area (Å²) in [6.45, 7) is 7.52. The predicted octanol–water partition coefficient (Wildman–Crippen LogP) is 1.50. The Balaban J connectivity index is 2.28. The summed E-state index contributed by atoms with van der Waals surface area (Å²) in [5.41, 5.74) is 8.08. The van der Waals surface area contributed by atoms with Gasteiger partial charge in [0, 0.05) is 25.3 Å². The van der Waals surface area contributed by atoms with E-state index in [4.69, 9.17) is 5.73 Å². The maximum Gasteiger partial charge on any atom is 0.152 e. The van der Waals surface area contributed by atoms with Crippen LogP contribution in [0.1, 0.15) is 18.9 Å². The Hall–Kier alpha value is -1.29. The molecule has 1 aromatic rings. The van der Waals surface area contributed by atoms with Crippen molar-refractivity contribution in [1.82, 2.24) is 9.88 Å². The first-order valence-corrected chi connectivity index (χ1v) is 6.26. The van der Waals surface area contributed by atoms with Crippen LogP contribution in [0.5, 0.6) is 0 Å². The Morgan fingerprint density at radius 3 is 2.94 bits per heavy atom. The molecule has 17 heavy (non-hydrogen) atoms. The highest BCUT2D eigenvalue weighted by Crippen LogP contribution is 2.26. The van der Waals surface area contributed by atoms with Gasteiger partial charge in [-0.15, -0.1) is 0 Å². The molecule has 94 valence electrons. The van der Waals surface area contributed by atoms with Crippen molar-refractivity contribution < 1.29 is 0 Å². The zero-order valence-electron chi connectivity index (χ0n) is 11.0. The first kappa shape index (κ1) is 12.2. The Bertz CT molecular complexity index is 391. The second-order valence-corrected chi connectivity index (χ2v) is 5.02. The first-order valence-electron chi connectivity index (χ1n) is 6.26. The maximum atomic E-state index is 6.14. The second-order valence-electron chi connectivity index (χ2n) is 5.02. The first-order chi connectivity index (χ1) is 8.09. The van der Waals surface area contributed by atoms with Gasteiger partial charge in [-0.05, 0) is 45.5 Å². The molecule has 0 saturated carbocycles. The second kappa shape index (κ2) is 4.92. The lowest BCUT2D eigenvalue weighted by atomic mass is 10.2. The van der Waals surface area contributed by atoms with E-state index >= 15 is 0 Å². The van der Waals surface area contributed by atoms with Gasteiger partial charge < -0.3 is 15.5 Å². The molecule has 1 aromatic heterocycles. The Kier molecular flexibility index (Phi) is 3.52. The number of aromatic nitrogens is 1. The predicted molar refractivity (Wildman–Crippen MR) is 72.3 cm³/mol. The summed E-state index contributed by atoms with van der Waals surface area (Å²) in [5.74, 6) is 0.952. The van der Waals surface area contributed by atoms with Gasteiger partial charge in [0.05, 0.1) is 5.69 Å². The number of nitrogens with zero attached hydrogens (tertiary/aromatic N) is 3. The van der Waals surface area contributed by atoms with Gasteiger partial charge in [0.2, 0.25) is 0 Å². The minimum absolute atomic E-state index is 0.457. The molecule has 2 rings (SSSR count). The molecule has 1 aliphatic heterocycles. The number of nitrogens with two attached hydrogens (primary N) is 1. The summed E-state index contributed by atoms with van der Waals surface area (Å²) in [6.07, 6.45) is 3.01. The van der Waals surface area contributed by atoms with E-state index in [1.807, 2.05) is 19.2 Å². The lowest BCUT2D eigenvalue weighted by Gasteiger charge is -2.30. The highest BCUT2D eigenvalue weighted by molar-refractivity contribution is 5.66. The summed E-state index contributed by atoms with van der Waals surface area (Å²) in [7, 11) is 2.17. The van der Waals surface area contributed by atoms with Crippen LogP contribution in [0.3, 0.4) is 0 Å². The molecule has 1 unspecified atom stereocenters. The number of anilines is 2. The molecule has 4 nitrogen and oxygen atoms in total. The molecule has 0 spiro atoms. The molecule has 1 atom stereocenters. The van der Waals surface area contributed by atoms with Crippen LogP contribution < -0.4 is 10.6 Å². The van der Waals surface area contributed by atoms with Crippen LogP contribution in [0.2, 0.25) is 0 Å². The van der Waals surface area contributed by atoms with Crippen LogP contribution in [-0.4, -0.2) is 42.6 Å². The lowest BCUT2D eigenvalue weighted by Crippen LogP contribution is -2.38. The zero-order valence-corrected chi connectivity index (χ0v) is 11.0. The van der Waals surface area contributed by atoms with E-state index in [1.165, 1.54) is 0 Å². The van der Waals surface area contributed by atoms with Crippen LogP contribution in [0, 0.1) is 6.92 Å². The normalized spacial score (nSPS) is 22.5. The van der Waals surface area contributed by atoms with Crippen molar-refractivity contribution in [3.63, 3.8) is 0 Å². The van der Waals surface area contributed by atoms with Gasteiger partial charge in [-0.3, -0.25) is 0 Å². The summed E-state index contributed by atoms with van der Waals surface area (Å²) >= 11 is 0. The number of nitrogen functional groups attached to an aromatic ring is 1. The highest BCUT2D eigenvalue weighted by atomic mass is 15.3. The highest BCUT2D eigenvalue weighted by Gasteiger charge is 2.22. The van der Waals surface area contributed by atoms with E-state index in [2.05, 4.69) is 28.8 Å². The minimum atomic E-state index is 0.457. The van der Waals surface area contributed by atoms with Crippen molar-refractivity contribution in [2.45, 2.75) is 26.3 Å². The zero-order chi connectivity index (χ0) is 12.4. The van der Waals surface area contributed by atoms with Crippen LogP contribution in [0.15, 0.2) is 12.3 Å². The summed E-state index contributed by atoms with van der Waals surface area (Å²) in [4.78, 5) is 9.17. The molecular formula is C13H22N4. The fourth-order valence-electron chi connectivity index (χ4n) is 2.47. The molecule has 0 amide bonds. The topological polar surface area (TPSA) is 45.4 Å². The third-order valence-corrected chi connectivity index (χ3v) is 3.51. The SMILES string of the molecule is Cc1ccnc(N2CCCN(C)CC2C)c1N. The van der Waals surface area contributed by atoms with Crippen LogP contribution in [0.4, 0.5) is 11.5 Å². The van der Waals surface area contributed by atoms with Gasteiger partial charge in [-0.2, -0.15) is 0 Å². The molecule has 1 fully saturated rings. The maximum absolute atomic E-state index is 6.14. The van der Waals surface area contributed by atoms with Gasteiger partial charge >= 0.3 is 0 Å². The Morgan fingerprint density at radius 1 is 1.41 bits per heavy atom. The van der Waals surface area contributed by atoms with Crippen LogP contribution >= 0.6 is 0 Å². The van der Waals surface area contributed by atoms with Crippen molar-refractivity contribution >= 4 is 11.5 Å². The van der Waals surface area contributed by atoms with Gasteiger partial charge in [0.15, 0.2) is 5.82 Å². The molecule has 0 radical (unpaired) electrons. The number of likely N-dealkylation sites (N-methyl/N-ethyl adjacent to an activating group) is 1. The molecule has 2 heterocycles. The number of hydrogen-bond donors (Lipinski definition) is 1. The van der Waals surface area contributed by atoms with Gasteiger partial charge in [0.1, 0.15) is 0 Å². The third kappa shape index (κ3) is 2.52. The lowest BCUT2D eigenvalue weighted by molar-refractivity contribution is 0.337. The largest absolute Gasteiger partial charge is 0.396 e. The average molecular weight is 234 g/mol. The molecule has 1 aliphatic rings. The van der Waals surface area contributed by atoms with E-state index in [9.17, 15) is 0 Å². The fourth-order valence-corrected chi connectivity index (χ4v) is 2.47. The molecular weight excluding hydrogens is 212 g/mol. The molecule has 0 aliphatic carbocycles. The van der Waals surface area contributed by atoms with Crippen molar-refractivity contribution in [2.24, 2.45) is 0 Å². The van der Waals surface area contributed by atoms with Crippen molar-refractivity contribution in [1.29, 1.82) is 0 Å². The number of rotatable bonds is 1. The van der Waals surface area contributed by atoms with Gasteiger partial charge in [0.25, 0.3) is 0 Å². The molecule has 1 saturated heterocycles. The number of pyridine rings is 1. The average Bonchev–Trinajstić information content (AvgIpc) is 2.44. The minimum Gasteiger partial charge on any atom is -0.396 e. The summed E-state index contributed by atoms with van der Waals surface area (Å²) < 4.78 is 0. The van der Waals surface area contributed by atoms with Crippen LogP contribution in [-0.2, 0) is 0 Å². The van der Waals surface area contributed by atoms with Crippen molar-refractivity contribution in [2.75, 3.05) is 37.3 Å². The Morgan fingerprint density at radius 2 is 2.18 bits per heavy atom. The number of aryl methyl sites for hydroxylation is 1. The fraction of sp³-hybridized carbons (Fsp3) is 0.615.